The lowest BCUT2D eigenvalue weighted by atomic mass is 10.2. The largest absolute Gasteiger partial charge is 0.495 e. The van der Waals surface area contributed by atoms with Crippen molar-refractivity contribution in [2.24, 2.45) is 0 Å². The lowest BCUT2D eigenvalue weighted by Crippen LogP contribution is -2.33. The van der Waals surface area contributed by atoms with Crippen molar-refractivity contribution in [2.45, 2.75) is 24.7 Å². The molecule has 0 aliphatic heterocycles. The summed E-state index contributed by atoms with van der Waals surface area (Å²) in [4.78, 5) is 20.5. The number of nitrogens with zero attached hydrogens (tertiary/aromatic N) is 3. The van der Waals surface area contributed by atoms with Gasteiger partial charge >= 0.3 is 0 Å². The van der Waals surface area contributed by atoms with Crippen molar-refractivity contribution in [3.05, 3.63) is 29.3 Å². The van der Waals surface area contributed by atoms with Gasteiger partial charge < -0.3 is 21.1 Å². The zero-order chi connectivity index (χ0) is 20.0. The quantitative estimate of drug-likeness (QED) is 0.486. The summed E-state index contributed by atoms with van der Waals surface area (Å²) < 4.78 is 18.1. The summed E-state index contributed by atoms with van der Waals surface area (Å²) in [5, 5.41) is 15.3. The molecule has 1 aromatic carbocycles. The summed E-state index contributed by atoms with van der Waals surface area (Å²) in [7, 11) is 1.45. The first-order valence-electron chi connectivity index (χ1n) is 7.85. The maximum Gasteiger partial charge on any atom is 0.246 e. The first kappa shape index (κ1) is 20.3. The van der Waals surface area contributed by atoms with Crippen LogP contribution in [0.4, 0.5) is 21.8 Å². The van der Waals surface area contributed by atoms with Crippen molar-refractivity contribution in [1.29, 1.82) is 5.26 Å². The van der Waals surface area contributed by atoms with Crippen LogP contribution in [0.25, 0.3) is 0 Å². The number of rotatable bonds is 7. The molecule has 0 aliphatic carbocycles. The highest BCUT2D eigenvalue weighted by atomic mass is 32.2. The van der Waals surface area contributed by atoms with Crippen LogP contribution >= 0.6 is 11.8 Å². The molecule has 0 fully saturated rings. The van der Waals surface area contributed by atoms with E-state index >= 15 is 0 Å². The predicted octanol–water partition coefficient (Wildman–Crippen LogP) is 2.57. The summed E-state index contributed by atoms with van der Waals surface area (Å²) in [6.45, 7) is 0.933. The summed E-state index contributed by atoms with van der Waals surface area (Å²) in [6.07, 6.45) is 1.76. The molecule has 1 heterocycles. The molecule has 0 aliphatic rings. The third kappa shape index (κ3) is 4.77. The number of nitriles is 1. The highest BCUT2D eigenvalue weighted by Gasteiger charge is 2.20. The first-order chi connectivity index (χ1) is 12.9. The van der Waals surface area contributed by atoms with Crippen LogP contribution in [0.1, 0.15) is 18.1 Å². The molecule has 4 N–H and O–H groups in total. The van der Waals surface area contributed by atoms with Crippen molar-refractivity contribution in [3.63, 3.8) is 0 Å². The van der Waals surface area contributed by atoms with Crippen LogP contribution in [0.3, 0.4) is 0 Å². The van der Waals surface area contributed by atoms with Gasteiger partial charge in [-0.25, -0.2) is 9.37 Å². The molecule has 0 bridgehead atoms. The fourth-order valence-electron chi connectivity index (χ4n) is 2.26. The number of ether oxygens (including phenoxy) is 1. The van der Waals surface area contributed by atoms with Gasteiger partial charge in [0.1, 0.15) is 35.1 Å². The average Bonchev–Trinajstić information content (AvgIpc) is 2.67. The molecular weight excluding hydrogens is 371 g/mol. The van der Waals surface area contributed by atoms with Gasteiger partial charge in [-0.15, -0.1) is 11.8 Å². The number of hydrogen-bond donors (Lipinski definition) is 3. The van der Waals surface area contributed by atoms with Gasteiger partial charge in [0.25, 0.3) is 0 Å². The van der Waals surface area contributed by atoms with Gasteiger partial charge in [0.15, 0.2) is 5.82 Å². The molecule has 8 nitrogen and oxygen atoms in total. The number of hydrogen-bond acceptors (Lipinski definition) is 8. The molecule has 10 heteroatoms. The molecule has 1 atom stereocenters. The number of nitrogens with one attached hydrogen (secondary N) is 2. The van der Waals surface area contributed by atoms with E-state index in [9.17, 15) is 14.4 Å². The Morgan fingerprint density at radius 3 is 2.81 bits per heavy atom. The van der Waals surface area contributed by atoms with E-state index in [-0.39, 0.29) is 17.3 Å². The molecule has 0 saturated carbocycles. The van der Waals surface area contributed by atoms with Gasteiger partial charge in [0.05, 0.1) is 12.8 Å². The number of amides is 1. The van der Waals surface area contributed by atoms with Crippen molar-refractivity contribution in [1.82, 2.24) is 9.97 Å². The van der Waals surface area contributed by atoms with Crippen molar-refractivity contribution in [3.8, 4) is 11.8 Å². The third-order valence-electron chi connectivity index (χ3n) is 3.62. The summed E-state index contributed by atoms with van der Waals surface area (Å²) >= 11 is 1.25. The molecule has 2 rings (SSSR count). The minimum absolute atomic E-state index is 0.00854. The van der Waals surface area contributed by atoms with Gasteiger partial charge in [-0.05, 0) is 30.9 Å². The molecule has 1 amide bonds. The Hall–Kier alpha value is -3.06. The number of benzene rings is 1. The maximum atomic E-state index is 12.9. The molecule has 1 aromatic heterocycles. The molecule has 2 aromatic rings. The highest BCUT2D eigenvalue weighted by Crippen LogP contribution is 2.27. The smallest absolute Gasteiger partial charge is 0.246 e. The lowest BCUT2D eigenvalue weighted by molar-refractivity contribution is -0.116. The van der Waals surface area contributed by atoms with Crippen LogP contribution < -0.4 is 21.1 Å². The zero-order valence-electron chi connectivity index (χ0n) is 15.0. The predicted molar refractivity (Wildman–Crippen MR) is 102 cm³/mol. The van der Waals surface area contributed by atoms with Gasteiger partial charge in [0, 0.05) is 0 Å². The molecule has 142 valence electrons. The Labute approximate surface area is 160 Å². The Kier molecular flexibility index (Phi) is 6.79. The van der Waals surface area contributed by atoms with Gasteiger partial charge in [-0.1, -0.05) is 6.07 Å². The second kappa shape index (κ2) is 9.05. The van der Waals surface area contributed by atoms with E-state index in [1.165, 1.54) is 24.9 Å². The van der Waals surface area contributed by atoms with Crippen LogP contribution in [0.2, 0.25) is 0 Å². The molecular formula is C17H19FN6O2S. The molecule has 0 radical (unpaired) electrons. The van der Waals surface area contributed by atoms with E-state index in [1.54, 1.807) is 25.3 Å². The normalized spacial score (nSPS) is 11.4. The van der Waals surface area contributed by atoms with Crippen molar-refractivity contribution < 1.29 is 13.9 Å². The van der Waals surface area contributed by atoms with Crippen LogP contribution in [0.15, 0.2) is 23.2 Å². The Morgan fingerprint density at radius 1 is 1.48 bits per heavy atom. The maximum absolute atomic E-state index is 12.9. The van der Waals surface area contributed by atoms with Gasteiger partial charge in [0.2, 0.25) is 11.9 Å². The van der Waals surface area contributed by atoms with Crippen LogP contribution in [-0.4, -0.2) is 35.3 Å². The van der Waals surface area contributed by atoms with E-state index < -0.39 is 18.6 Å². The molecule has 0 saturated heterocycles. The number of carbonyl (C=O) groups excluding carboxylic acids is 1. The van der Waals surface area contributed by atoms with Crippen LogP contribution in [0.5, 0.6) is 5.75 Å². The van der Waals surface area contributed by atoms with Gasteiger partial charge in [-0.2, -0.15) is 10.2 Å². The van der Waals surface area contributed by atoms with Crippen LogP contribution in [0, 0.1) is 11.3 Å². The number of carbonyl (C=O) groups is 1. The number of nitrogen functional groups attached to an aromatic ring is 1. The second-order valence-electron chi connectivity index (χ2n) is 5.45. The lowest BCUT2D eigenvalue weighted by Gasteiger charge is -2.18. The number of thioether (sulfide) groups is 1. The summed E-state index contributed by atoms with van der Waals surface area (Å²) in [5.41, 5.74) is 6.62. The minimum atomic E-state index is -0.764. The standard InChI is InChI=1S/C17H19FN6O2S/c1-9(21-14-11(8-19)16(27-3)24-17(20)23-14)15(25)22-12-6-10(7-18)4-5-13(12)26-2/h4-6,9H,7H2,1-3H3,(H,22,25)(H3,20,21,23,24)/t9-/m0/s1. The van der Waals surface area contributed by atoms with Crippen molar-refractivity contribution in [2.75, 3.05) is 29.7 Å². The first-order valence-corrected chi connectivity index (χ1v) is 9.07. The monoisotopic (exact) mass is 390 g/mol. The number of aromatic nitrogens is 2. The van der Waals surface area contributed by atoms with E-state index in [4.69, 9.17) is 10.5 Å². The fraction of sp³-hybridized carbons (Fsp3) is 0.294. The summed E-state index contributed by atoms with van der Waals surface area (Å²) in [5.74, 6) is 0.143. The Balaban J connectivity index is 2.23. The second-order valence-corrected chi connectivity index (χ2v) is 6.24. The highest BCUT2D eigenvalue weighted by molar-refractivity contribution is 7.98. The molecule has 0 unspecified atom stereocenters. The van der Waals surface area contributed by atoms with E-state index in [2.05, 4.69) is 20.6 Å². The number of anilines is 3. The summed E-state index contributed by atoms with van der Waals surface area (Å²) in [6, 6.07) is 5.90. The topological polar surface area (TPSA) is 126 Å². The fourth-order valence-corrected chi connectivity index (χ4v) is 2.79. The molecule has 27 heavy (non-hydrogen) atoms. The Bertz CT molecular complexity index is 886. The van der Waals surface area contributed by atoms with E-state index in [0.29, 0.717) is 22.0 Å². The minimum Gasteiger partial charge on any atom is -0.495 e. The number of methoxy groups -OCH3 is 1. The Morgan fingerprint density at radius 2 is 2.22 bits per heavy atom. The van der Waals surface area contributed by atoms with E-state index in [0.717, 1.165) is 0 Å². The zero-order valence-corrected chi connectivity index (χ0v) is 15.9. The van der Waals surface area contributed by atoms with Gasteiger partial charge in [-0.3, -0.25) is 4.79 Å². The third-order valence-corrected chi connectivity index (χ3v) is 4.30. The average molecular weight is 390 g/mol. The number of alkyl halides is 1. The molecule has 0 spiro atoms. The SMILES string of the molecule is COc1ccc(CF)cc1NC(=O)[C@H](C)Nc1nc(N)nc(SC)c1C#N. The van der Waals surface area contributed by atoms with E-state index in [1.807, 2.05) is 6.07 Å². The van der Waals surface area contributed by atoms with Crippen LogP contribution in [-0.2, 0) is 11.5 Å². The van der Waals surface area contributed by atoms with Crippen molar-refractivity contribution >= 4 is 35.1 Å². The number of halogens is 1. The number of nitrogens with two attached hydrogens (primary N) is 1.